The molecule has 0 amide bonds. The second-order valence-corrected chi connectivity index (χ2v) is 4.95. The standard InChI is InChI=1S/C13H21N3/c1-5-8-15-12-10(7-6-9-16-12)11(14)13(2,3)4/h6-7,9,14H,5,8H2,1-4H3,(H,15,16). The van der Waals surface area contributed by atoms with Crippen LogP contribution < -0.4 is 5.32 Å². The van der Waals surface area contributed by atoms with Gasteiger partial charge in [-0.2, -0.15) is 0 Å². The van der Waals surface area contributed by atoms with Crippen LogP contribution in [-0.4, -0.2) is 17.2 Å². The number of anilines is 1. The molecule has 0 spiro atoms. The highest BCUT2D eigenvalue weighted by molar-refractivity contribution is 6.05. The summed E-state index contributed by atoms with van der Waals surface area (Å²) in [6.07, 6.45) is 2.82. The molecule has 0 aliphatic heterocycles. The lowest BCUT2D eigenvalue weighted by molar-refractivity contribution is 0.588. The predicted molar refractivity (Wildman–Crippen MR) is 69.3 cm³/mol. The van der Waals surface area contributed by atoms with Crippen molar-refractivity contribution in [2.24, 2.45) is 5.41 Å². The normalized spacial score (nSPS) is 11.2. The topological polar surface area (TPSA) is 48.8 Å². The fourth-order valence-electron chi connectivity index (χ4n) is 1.40. The zero-order valence-corrected chi connectivity index (χ0v) is 10.6. The average Bonchev–Trinajstić information content (AvgIpc) is 2.24. The minimum atomic E-state index is -0.147. The molecule has 0 fully saturated rings. The first kappa shape index (κ1) is 12.7. The second-order valence-electron chi connectivity index (χ2n) is 4.95. The molecule has 0 aliphatic rings. The second kappa shape index (κ2) is 5.10. The van der Waals surface area contributed by atoms with Gasteiger partial charge in [0.15, 0.2) is 0 Å². The third-order valence-electron chi connectivity index (χ3n) is 2.37. The van der Waals surface area contributed by atoms with Crippen LogP contribution in [0.25, 0.3) is 0 Å². The van der Waals surface area contributed by atoms with Crippen molar-refractivity contribution in [2.45, 2.75) is 34.1 Å². The zero-order chi connectivity index (χ0) is 12.2. The molecular weight excluding hydrogens is 198 g/mol. The number of aromatic nitrogens is 1. The molecule has 1 heterocycles. The molecule has 0 unspecified atom stereocenters. The Morgan fingerprint density at radius 3 is 2.69 bits per heavy atom. The Hall–Kier alpha value is -1.38. The smallest absolute Gasteiger partial charge is 0.135 e. The highest BCUT2D eigenvalue weighted by atomic mass is 15.0. The molecule has 0 bridgehead atoms. The van der Waals surface area contributed by atoms with Gasteiger partial charge in [-0.3, -0.25) is 0 Å². The maximum Gasteiger partial charge on any atom is 0.135 e. The Labute approximate surface area is 97.8 Å². The van der Waals surface area contributed by atoms with Crippen molar-refractivity contribution in [3.8, 4) is 0 Å². The molecule has 1 aromatic rings. The Kier molecular flexibility index (Phi) is 4.05. The average molecular weight is 219 g/mol. The third-order valence-corrected chi connectivity index (χ3v) is 2.37. The molecule has 1 aromatic heterocycles. The van der Waals surface area contributed by atoms with Crippen LogP contribution in [0.1, 0.15) is 39.7 Å². The van der Waals surface area contributed by atoms with E-state index in [1.54, 1.807) is 6.20 Å². The van der Waals surface area contributed by atoms with Gasteiger partial charge < -0.3 is 10.7 Å². The van der Waals surface area contributed by atoms with Crippen LogP contribution in [0.4, 0.5) is 5.82 Å². The first-order chi connectivity index (χ1) is 7.46. The highest BCUT2D eigenvalue weighted by Crippen LogP contribution is 2.24. The van der Waals surface area contributed by atoms with Gasteiger partial charge in [-0.15, -0.1) is 0 Å². The van der Waals surface area contributed by atoms with E-state index in [1.807, 2.05) is 32.9 Å². The van der Waals surface area contributed by atoms with Crippen molar-refractivity contribution in [3.63, 3.8) is 0 Å². The van der Waals surface area contributed by atoms with Crippen LogP contribution in [-0.2, 0) is 0 Å². The third kappa shape index (κ3) is 3.05. The predicted octanol–water partition coefficient (Wildman–Crippen LogP) is 3.32. The van der Waals surface area contributed by atoms with E-state index in [2.05, 4.69) is 17.2 Å². The lowest BCUT2D eigenvalue weighted by atomic mass is 9.86. The summed E-state index contributed by atoms with van der Waals surface area (Å²) in [6, 6.07) is 3.84. The van der Waals surface area contributed by atoms with Crippen molar-refractivity contribution < 1.29 is 0 Å². The molecule has 0 aliphatic carbocycles. The van der Waals surface area contributed by atoms with Gasteiger partial charge in [0.1, 0.15) is 5.82 Å². The molecular formula is C13H21N3. The van der Waals surface area contributed by atoms with Crippen LogP contribution in [0.3, 0.4) is 0 Å². The van der Waals surface area contributed by atoms with Gasteiger partial charge in [0.25, 0.3) is 0 Å². The zero-order valence-electron chi connectivity index (χ0n) is 10.6. The molecule has 0 saturated heterocycles. The Balaban J connectivity index is 2.99. The highest BCUT2D eigenvalue weighted by Gasteiger charge is 2.21. The summed E-state index contributed by atoms with van der Waals surface area (Å²) in [6.45, 7) is 9.15. The van der Waals surface area contributed by atoms with Gasteiger partial charge in [0.2, 0.25) is 0 Å². The van der Waals surface area contributed by atoms with Crippen molar-refractivity contribution in [3.05, 3.63) is 23.9 Å². The van der Waals surface area contributed by atoms with Crippen molar-refractivity contribution in [2.75, 3.05) is 11.9 Å². The van der Waals surface area contributed by atoms with Crippen LogP contribution in [0.5, 0.6) is 0 Å². The number of rotatable bonds is 4. The minimum Gasteiger partial charge on any atom is -0.370 e. The molecule has 0 atom stereocenters. The summed E-state index contributed by atoms with van der Waals surface area (Å²) in [7, 11) is 0. The first-order valence-corrected chi connectivity index (χ1v) is 5.75. The molecule has 16 heavy (non-hydrogen) atoms. The van der Waals surface area contributed by atoms with Crippen molar-refractivity contribution >= 4 is 11.5 Å². The molecule has 1 rings (SSSR count). The van der Waals surface area contributed by atoms with E-state index in [0.29, 0.717) is 5.71 Å². The maximum absolute atomic E-state index is 8.18. The number of hydrogen-bond acceptors (Lipinski definition) is 3. The van der Waals surface area contributed by atoms with Gasteiger partial charge in [-0.25, -0.2) is 4.98 Å². The van der Waals surface area contributed by atoms with E-state index in [0.717, 1.165) is 24.3 Å². The van der Waals surface area contributed by atoms with E-state index in [9.17, 15) is 0 Å². The Morgan fingerprint density at radius 2 is 2.12 bits per heavy atom. The van der Waals surface area contributed by atoms with Crippen LogP contribution in [0.15, 0.2) is 18.3 Å². The van der Waals surface area contributed by atoms with Gasteiger partial charge >= 0.3 is 0 Å². The van der Waals surface area contributed by atoms with E-state index >= 15 is 0 Å². The monoisotopic (exact) mass is 219 g/mol. The first-order valence-electron chi connectivity index (χ1n) is 5.75. The number of hydrogen-bond donors (Lipinski definition) is 2. The van der Waals surface area contributed by atoms with E-state index in [1.165, 1.54) is 0 Å². The maximum atomic E-state index is 8.18. The van der Waals surface area contributed by atoms with Crippen LogP contribution >= 0.6 is 0 Å². The lowest BCUT2D eigenvalue weighted by Gasteiger charge is -2.21. The van der Waals surface area contributed by atoms with Crippen LogP contribution in [0.2, 0.25) is 0 Å². The van der Waals surface area contributed by atoms with Gasteiger partial charge in [0.05, 0.1) is 0 Å². The summed E-state index contributed by atoms with van der Waals surface area (Å²) >= 11 is 0. The fourth-order valence-corrected chi connectivity index (χ4v) is 1.40. The van der Waals surface area contributed by atoms with E-state index in [4.69, 9.17) is 5.41 Å². The molecule has 3 heteroatoms. The summed E-state index contributed by atoms with van der Waals surface area (Å²) in [5.74, 6) is 0.823. The summed E-state index contributed by atoms with van der Waals surface area (Å²) in [5, 5.41) is 11.4. The van der Waals surface area contributed by atoms with Gasteiger partial charge in [-0.05, 0) is 18.6 Å². The minimum absolute atomic E-state index is 0.147. The Bertz CT molecular complexity index is 364. The summed E-state index contributed by atoms with van der Waals surface area (Å²) in [4.78, 5) is 4.30. The van der Waals surface area contributed by atoms with E-state index < -0.39 is 0 Å². The van der Waals surface area contributed by atoms with E-state index in [-0.39, 0.29) is 5.41 Å². The number of nitrogens with zero attached hydrogens (tertiary/aromatic N) is 1. The molecule has 88 valence electrons. The van der Waals surface area contributed by atoms with Crippen molar-refractivity contribution in [1.29, 1.82) is 5.41 Å². The molecule has 0 saturated carbocycles. The van der Waals surface area contributed by atoms with Gasteiger partial charge in [0, 0.05) is 29.4 Å². The largest absolute Gasteiger partial charge is 0.370 e. The lowest BCUT2D eigenvalue weighted by Crippen LogP contribution is -2.22. The molecule has 3 nitrogen and oxygen atoms in total. The SMILES string of the molecule is CCCNc1ncccc1C(=N)C(C)(C)C. The Morgan fingerprint density at radius 1 is 1.44 bits per heavy atom. The quantitative estimate of drug-likeness (QED) is 0.763. The summed E-state index contributed by atoms with van der Waals surface area (Å²) < 4.78 is 0. The number of pyridine rings is 1. The fraction of sp³-hybridized carbons (Fsp3) is 0.538. The van der Waals surface area contributed by atoms with Crippen LogP contribution in [0, 0.1) is 10.8 Å². The molecule has 2 N–H and O–H groups in total. The van der Waals surface area contributed by atoms with Crippen molar-refractivity contribution in [1.82, 2.24) is 4.98 Å². The molecule has 0 radical (unpaired) electrons. The molecule has 0 aromatic carbocycles. The van der Waals surface area contributed by atoms with Gasteiger partial charge in [-0.1, -0.05) is 27.7 Å². The summed E-state index contributed by atoms with van der Waals surface area (Å²) in [5.41, 5.74) is 1.38. The number of nitrogens with one attached hydrogen (secondary N) is 2.